The van der Waals surface area contributed by atoms with Gasteiger partial charge in [-0.15, -0.1) is 0 Å². The Morgan fingerprint density at radius 2 is 1.97 bits per heavy atom. The first kappa shape index (κ1) is 21.4. The summed E-state index contributed by atoms with van der Waals surface area (Å²) in [7, 11) is 1.57. The van der Waals surface area contributed by atoms with E-state index in [1.165, 1.54) is 0 Å². The number of anilines is 2. The Bertz CT molecular complexity index is 1120. The van der Waals surface area contributed by atoms with Crippen molar-refractivity contribution in [2.24, 2.45) is 0 Å². The summed E-state index contributed by atoms with van der Waals surface area (Å²) in [4.78, 5) is 13.4. The maximum absolute atomic E-state index is 13.4. The van der Waals surface area contributed by atoms with Crippen LogP contribution in [0.25, 0.3) is 0 Å². The zero-order chi connectivity index (χ0) is 22.5. The lowest BCUT2D eigenvalue weighted by Crippen LogP contribution is -2.31. The van der Waals surface area contributed by atoms with Gasteiger partial charge in [0.2, 0.25) is 5.95 Å². The number of nitrogens with zero attached hydrogens (tertiary/aromatic N) is 4. The monoisotopic (exact) mass is 434 g/mol. The van der Waals surface area contributed by atoms with Gasteiger partial charge >= 0.3 is 0 Å². The number of nitrogens with one attached hydrogen (secondary N) is 2. The van der Waals surface area contributed by atoms with Gasteiger partial charge in [0.05, 0.1) is 25.0 Å². The molecule has 1 aromatic heterocycles. The quantitative estimate of drug-likeness (QED) is 0.520. The van der Waals surface area contributed by atoms with Gasteiger partial charge in [-0.25, -0.2) is 0 Å². The number of carbonyl (C=O) groups is 1. The molecule has 2 N–H and O–H groups in total. The van der Waals surface area contributed by atoms with Crippen LogP contribution in [0.4, 0.5) is 11.6 Å². The molecule has 0 bridgehead atoms. The van der Waals surface area contributed by atoms with Gasteiger partial charge < -0.3 is 20.1 Å². The molecule has 9 heteroatoms. The van der Waals surface area contributed by atoms with Crippen molar-refractivity contribution in [2.45, 2.75) is 32.7 Å². The third-order valence-corrected chi connectivity index (χ3v) is 5.28. The van der Waals surface area contributed by atoms with E-state index in [2.05, 4.69) is 33.1 Å². The van der Waals surface area contributed by atoms with Crippen molar-refractivity contribution in [1.29, 1.82) is 0 Å². The zero-order valence-corrected chi connectivity index (χ0v) is 18.3. The number of fused-ring (bicyclic) bond motifs is 1. The number of para-hydroxylation sites is 2. The van der Waals surface area contributed by atoms with Gasteiger partial charge in [0.1, 0.15) is 17.5 Å². The summed E-state index contributed by atoms with van der Waals surface area (Å²) in [5.41, 5.74) is 2.64. The molecule has 4 rings (SSSR count). The number of benzene rings is 2. The molecule has 2 heterocycles. The van der Waals surface area contributed by atoms with Crippen LogP contribution in [0.15, 0.2) is 59.8 Å². The summed E-state index contributed by atoms with van der Waals surface area (Å²) < 4.78 is 12.8. The van der Waals surface area contributed by atoms with E-state index < -0.39 is 6.04 Å². The predicted molar refractivity (Wildman–Crippen MR) is 121 cm³/mol. The van der Waals surface area contributed by atoms with Crippen molar-refractivity contribution < 1.29 is 14.3 Å². The summed E-state index contributed by atoms with van der Waals surface area (Å²) in [6.07, 6.45) is 2.07. The van der Waals surface area contributed by atoms with Crippen LogP contribution < -0.4 is 20.1 Å². The number of ether oxygens (including phenoxy) is 2. The highest BCUT2D eigenvalue weighted by atomic mass is 16.5. The largest absolute Gasteiger partial charge is 0.495 e. The Balaban J connectivity index is 1.66. The molecule has 1 amide bonds. The van der Waals surface area contributed by atoms with Gasteiger partial charge in [0, 0.05) is 5.70 Å². The standard InChI is InChI=1S/C23H26N6O3/c1-4-5-14-32-17-12-10-16(11-13-17)21-20(15(2)24-23-26-27-28-29(21)23)22(30)25-18-8-6-7-9-19(18)31-3/h6-13,21H,4-5,14H2,1-3H3,(H,25,30)(H,24,26,28). The average molecular weight is 435 g/mol. The third-order valence-electron chi connectivity index (χ3n) is 5.28. The number of aromatic nitrogens is 4. The first-order valence-electron chi connectivity index (χ1n) is 10.5. The minimum Gasteiger partial charge on any atom is -0.495 e. The number of carbonyl (C=O) groups excluding carboxylic acids is 1. The lowest BCUT2D eigenvalue weighted by molar-refractivity contribution is -0.113. The van der Waals surface area contributed by atoms with Crippen molar-refractivity contribution in [2.75, 3.05) is 24.4 Å². The topological polar surface area (TPSA) is 103 Å². The second-order valence-electron chi connectivity index (χ2n) is 7.44. The molecule has 1 aliphatic heterocycles. The second-order valence-corrected chi connectivity index (χ2v) is 7.44. The van der Waals surface area contributed by atoms with E-state index in [4.69, 9.17) is 9.47 Å². The van der Waals surface area contributed by atoms with Crippen LogP contribution in [0.2, 0.25) is 0 Å². The minimum absolute atomic E-state index is 0.270. The molecule has 0 aliphatic carbocycles. The number of methoxy groups -OCH3 is 1. The molecule has 9 nitrogen and oxygen atoms in total. The highest BCUT2D eigenvalue weighted by Crippen LogP contribution is 2.36. The van der Waals surface area contributed by atoms with Crippen molar-refractivity contribution in [3.05, 3.63) is 65.4 Å². The molecule has 166 valence electrons. The summed E-state index contributed by atoms with van der Waals surface area (Å²) in [6.45, 7) is 4.63. The van der Waals surface area contributed by atoms with Gasteiger partial charge in [-0.3, -0.25) is 4.79 Å². The Morgan fingerprint density at radius 3 is 2.72 bits per heavy atom. The molecular weight excluding hydrogens is 408 g/mol. The van der Waals surface area contributed by atoms with Crippen molar-refractivity contribution in [1.82, 2.24) is 20.2 Å². The smallest absolute Gasteiger partial charge is 0.255 e. The van der Waals surface area contributed by atoms with Gasteiger partial charge in [-0.1, -0.05) is 42.7 Å². The van der Waals surface area contributed by atoms with Crippen molar-refractivity contribution >= 4 is 17.5 Å². The van der Waals surface area contributed by atoms with E-state index in [0.29, 0.717) is 35.3 Å². The highest BCUT2D eigenvalue weighted by molar-refractivity contribution is 6.06. The Hall–Kier alpha value is -3.88. The molecule has 1 unspecified atom stereocenters. The van der Waals surface area contributed by atoms with Crippen LogP contribution >= 0.6 is 0 Å². The molecular formula is C23H26N6O3. The second kappa shape index (κ2) is 9.51. The van der Waals surface area contributed by atoms with Crippen LogP contribution in [0, 0.1) is 0 Å². The summed E-state index contributed by atoms with van der Waals surface area (Å²) in [6, 6.07) is 14.5. The molecule has 0 spiro atoms. The number of amides is 1. The molecule has 1 aliphatic rings. The molecule has 0 fully saturated rings. The molecule has 3 aromatic rings. The lowest BCUT2D eigenvalue weighted by Gasteiger charge is -2.28. The number of rotatable bonds is 8. The van der Waals surface area contributed by atoms with Crippen molar-refractivity contribution in [3.63, 3.8) is 0 Å². The van der Waals surface area contributed by atoms with Crippen LogP contribution in [0.3, 0.4) is 0 Å². The van der Waals surface area contributed by atoms with Crippen LogP contribution in [-0.2, 0) is 4.79 Å². The predicted octanol–water partition coefficient (Wildman–Crippen LogP) is 3.79. The normalized spacial score (nSPS) is 15.0. The molecule has 0 saturated carbocycles. The van der Waals surface area contributed by atoms with Gasteiger partial charge in [0.15, 0.2) is 0 Å². The number of hydrogen-bond acceptors (Lipinski definition) is 7. The zero-order valence-electron chi connectivity index (χ0n) is 18.3. The average Bonchev–Trinajstić information content (AvgIpc) is 3.27. The van der Waals surface area contributed by atoms with E-state index in [9.17, 15) is 4.79 Å². The van der Waals surface area contributed by atoms with Crippen molar-refractivity contribution in [3.8, 4) is 11.5 Å². The van der Waals surface area contributed by atoms with Crippen LogP contribution in [0.1, 0.15) is 38.3 Å². The maximum Gasteiger partial charge on any atom is 0.255 e. The van der Waals surface area contributed by atoms with E-state index in [-0.39, 0.29) is 5.91 Å². The number of allylic oxidation sites excluding steroid dienone is 1. The number of tetrazole rings is 1. The fraction of sp³-hybridized carbons (Fsp3) is 0.304. The van der Waals surface area contributed by atoms with E-state index >= 15 is 0 Å². The molecule has 2 aromatic carbocycles. The fourth-order valence-corrected chi connectivity index (χ4v) is 3.63. The van der Waals surface area contributed by atoms with E-state index in [1.54, 1.807) is 23.9 Å². The van der Waals surface area contributed by atoms with E-state index in [1.807, 2.05) is 43.3 Å². The van der Waals surface area contributed by atoms with Gasteiger partial charge in [-0.05, 0) is 53.6 Å². The Labute approximate surface area is 186 Å². The van der Waals surface area contributed by atoms with Gasteiger partial charge in [-0.2, -0.15) is 4.68 Å². The number of unbranched alkanes of at least 4 members (excludes halogenated alkanes) is 1. The first-order valence-corrected chi connectivity index (χ1v) is 10.5. The first-order chi connectivity index (χ1) is 15.6. The Morgan fingerprint density at radius 1 is 1.19 bits per heavy atom. The number of hydrogen-bond donors (Lipinski definition) is 2. The molecule has 32 heavy (non-hydrogen) atoms. The van der Waals surface area contributed by atoms with E-state index in [0.717, 1.165) is 24.2 Å². The van der Waals surface area contributed by atoms with Crippen LogP contribution in [0.5, 0.6) is 11.5 Å². The minimum atomic E-state index is -0.499. The van der Waals surface area contributed by atoms with Gasteiger partial charge in [0.25, 0.3) is 5.91 Å². The summed E-state index contributed by atoms with van der Waals surface area (Å²) in [5, 5.41) is 18.0. The molecule has 0 saturated heterocycles. The molecule has 0 radical (unpaired) electrons. The maximum atomic E-state index is 13.4. The Kier molecular flexibility index (Phi) is 6.34. The lowest BCUT2D eigenvalue weighted by atomic mass is 9.95. The highest BCUT2D eigenvalue weighted by Gasteiger charge is 2.34. The fourth-order valence-electron chi connectivity index (χ4n) is 3.63. The molecule has 1 atom stereocenters. The SMILES string of the molecule is CCCCOc1ccc(C2C(C(=O)Nc3ccccc3OC)=C(C)Nc3nnnn32)cc1. The third kappa shape index (κ3) is 4.27. The van der Waals surface area contributed by atoms with Crippen LogP contribution in [-0.4, -0.2) is 39.8 Å². The summed E-state index contributed by atoms with van der Waals surface area (Å²) in [5.74, 6) is 1.57. The summed E-state index contributed by atoms with van der Waals surface area (Å²) >= 11 is 0.